The maximum atomic E-state index is 12.2. The maximum absolute atomic E-state index is 12.2. The van der Waals surface area contributed by atoms with Crippen LogP contribution in [0.15, 0.2) is 53.4 Å². The van der Waals surface area contributed by atoms with Gasteiger partial charge in [0.25, 0.3) is 10.1 Å². The molecule has 120 valence electrons. The molecule has 0 spiro atoms. The predicted octanol–water partition coefficient (Wildman–Crippen LogP) is 3.15. The van der Waals surface area contributed by atoms with Crippen LogP contribution in [0.3, 0.4) is 0 Å². The van der Waals surface area contributed by atoms with Gasteiger partial charge in [0.2, 0.25) is 0 Å². The molecule has 1 aliphatic carbocycles. The Morgan fingerprint density at radius 3 is 2.48 bits per heavy atom. The molecule has 0 fully saturated rings. The second kappa shape index (κ2) is 6.26. The normalized spacial score (nSPS) is 17.8. The lowest BCUT2D eigenvalue weighted by Crippen LogP contribution is -2.25. The highest BCUT2D eigenvalue weighted by Crippen LogP contribution is 2.26. The number of hydrogen-bond donors (Lipinski definition) is 0. The van der Waals surface area contributed by atoms with Crippen molar-refractivity contribution < 1.29 is 17.4 Å². The molecule has 0 bridgehead atoms. The van der Waals surface area contributed by atoms with Crippen LogP contribution in [-0.2, 0) is 20.7 Å². The summed E-state index contributed by atoms with van der Waals surface area (Å²) < 4.78 is 29.6. The van der Waals surface area contributed by atoms with Gasteiger partial charge in [-0.25, -0.2) is 0 Å². The maximum Gasteiger partial charge on any atom is 0.296 e. The van der Waals surface area contributed by atoms with Gasteiger partial charge in [0.15, 0.2) is 5.78 Å². The molecular weight excluding hydrogens is 312 g/mol. The molecule has 0 N–H and O–H groups in total. The van der Waals surface area contributed by atoms with E-state index in [4.69, 9.17) is 4.18 Å². The summed E-state index contributed by atoms with van der Waals surface area (Å²) in [6, 6.07) is 14.0. The van der Waals surface area contributed by atoms with Gasteiger partial charge in [-0.1, -0.05) is 42.0 Å². The SMILES string of the molecule is Cc1ccc(S(=O)(=O)OC[C@@H]2CC(=O)c3ccccc3C2)cc1. The molecule has 3 rings (SSSR count). The van der Waals surface area contributed by atoms with Gasteiger partial charge < -0.3 is 0 Å². The molecule has 1 aliphatic rings. The van der Waals surface area contributed by atoms with Crippen LogP contribution in [0.1, 0.15) is 27.9 Å². The highest BCUT2D eigenvalue weighted by atomic mass is 32.2. The van der Waals surface area contributed by atoms with Crippen molar-refractivity contribution in [2.24, 2.45) is 5.92 Å². The Kier molecular flexibility index (Phi) is 4.33. The number of Topliss-reactive ketones (excluding diaryl/α,β-unsaturated/α-hetero) is 1. The Morgan fingerprint density at radius 2 is 1.74 bits per heavy atom. The third-order valence-corrected chi connectivity index (χ3v) is 5.36. The molecule has 0 saturated heterocycles. The number of carbonyl (C=O) groups is 1. The van der Waals surface area contributed by atoms with Crippen molar-refractivity contribution in [2.45, 2.75) is 24.7 Å². The Morgan fingerprint density at radius 1 is 1.04 bits per heavy atom. The average Bonchev–Trinajstić information content (AvgIpc) is 2.54. The topological polar surface area (TPSA) is 60.4 Å². The molecule has 5 heteroatoms. The van der Waals surface area contributed by atoms with Crippen molar-refractivity contribution in [1.82, 2.24) is 0 Å². The first-order valence-corrected chi connectivity index (χ1v) is 8.94. The molecule has 4 nitrogen and oxygen atoms in total. The summed E-state index contributed by atoms with van der Waals surface area (Å²) in [5.41, 5.74) is 2.69. The first-order valence-electron chi connectivity index (χ1n) is 7.53. The van der Waals surface area contributed by atoms with Gasteiger partial charge in [-0.15, -0.1) is 0 Å². The number of aryl methyl sites for hydroxylation is 1. The van der Waals surface area contributed by atoms with Gasteiger partial charge in [-0.05, 0) is 37.0 Å². The average molecular weight is 330 g/mol. The van der Waals surface area contributed by atoms with Crippen LogP contribution in [0.5, 0.6) is 0 Å². The molecule has 0 heterocycles. The monoisotopic (exact) mass is 330 g/mol. The molecule has 0 saturated carbocycles. The third kappa shape index (κ3) is 3.51. The summed E-state index contributed by atoms with van der Waals surface area (Å²) in [6.07, 6.45) is 0.978. The fraction of sp³-hybridized carbons (Fsp3) is 0.278. The Labute approximate surface area is 136 Å². The number of benzene rings is 2. The molecule has 0 aromatic heterocycles. The van der Waals surface area contributed by atoms with Crippen molar-refractivity contribution in [1.29, 1.82) is 0 Å². The van der Waals surface area contributed by atoms with E-state index in [0.717, 1.165) is 16.7 Å². The van der Waals surface area contributed by atoms with Crippen LogP contribution in [0.2, 0.25) is 0 Å². The predicted molar refractivity (Wildman–Crippen MR) is 86.9 cm³/mol. The van der Waals surface area contributed by atoms with E-state index in [9.17, 15) is 13.2 Å². The fourth-order valence-corrected chi connectivity index (χ4v) is 3.78. The zero-order valence-electron chi connectivity index (χ0n) is 12.9. The quantitative estimate of drug-likeness (QED) is 0.808. The van der Waals surface area contributed by atoms with Gasteiger partial charge in [0.1, 0.15) is 0 Å². The molecule has 0 radical (unpaired) electrons. The Hall–Kier alpha value is -1.98. The van der Waals surface area contributed by atoms with Crippen molar-refractivity contribution >= 4 is 15.9 Å². The first kappa shape index (κ1) is 15.9. The van der Waals surface area contributed by atoms with Crippen LogP contribution in [0.4, 0.5) is 0 Å². The number of carbonyl (C=O) groups excluding carboxylic acids is 1. The molecule has 2 aromatic carbocycles. The molecule has 23 heavy (non-hydrogen) atoms. The minimum atomic E-state index is -3.78. The number of rotatable bonds is 4. The minimum Gasteiger partial charge on any atom is -0.294 e. The molecular formula is C18H18O4S. The highest BCUT2D eigenvalue weighted by molar-refractivity contribution is 7.86. The van der Waals surface area contributed by atoms with E-state index in [1.54, 1.807) is 12.1 Å². The van der Waals surface area contributed by atoms with E-state index in [1.807, 2.05) is 31.2 Å². The van der Waals surface area contributed by atoms with Gasteiger partial charge in [0, 0.05) is 12.0 Å². The standard InChI is InChI=1S/C18H18O4S/c1-13-6-8-16(9-7-13)23(20,21)22-12-14-10-15-4-2-3-5-17(15)18(19)11-14/h2-9,14H,10-12H2,1H3/t14-/m0/s1. The van der Waals surface area contributed by atoms with Crippen LogP contribution < -0.4 is 0 Å². The van der Waals surface area contributed by atoms with Gasteiger partial charge >= 0.3 is 0 Å². The van der Waals surface area contributed by atoms with Crippen molar-refractivity contribution in [3.63, 3.8) is 0 Å². The van der Waals surface area contributed by atoms with Gasteiger partial charge in [-0.3, -0.25) is 8.98 Å². The van der Waals surface area contributed by atoms with Crippen LogP contribution >= 0.6 is 0 Å². The summed E-state index contributed by atoms with van der Waals surface area (Å²) >= 11 is 0. The number of hydrogen-bond acceptors (Lipinski definition) is 4. The van der Waals surface area contributed by atoms with Crippen LogP contribution in [-0.4, -0.2) is 20.8 Å². The third-order valence-electron chi connectivity index (χ3n) is 4.07. The summed E-state index contributed by atoms with van der Waals surface area (Å²) in [6.45, 7) is 1.92. The van der Waals surface area contributed by atoms with E-state index in [-0.39, 0.29) is 23.2 Å². The molecule has 0 aliphatic heterocycles. The number of fused-ring (bicyclic) bond motifs is 1. The van der Waals surface area contributed by atoms with E-state index in [2.05, 4.69) is 0 Å². The molecule has 2 aromatic rings. The lowest BCUT2D eigenvalue weighted by molar-refractivity contribution is 0.0927. The van der Waals surface area contributed by atoms with E-state index >= 15 is 0 Å². The zero-order valence-corrected chi connectivity index (χ0v) is 13.7. The molecule has 0 unspecified atom stereocenters. The second-order valence-electron chi connectivity index (χ2n) is 5.91. The minimum absolute atomic E-state index is 0.0241. The summed E-state index contributed by atoms with van der Waals surface area (Å²) in [5, 5.41) is 0. The zero-order chi connectivity index (χ0) is 16.4. The lowest BCUT2D eigenvalue weighted by Gasteiger charge is -2.23. The first-order chi connectivity index (χ1) is 11.0. The van der Waals surface area contributed by atoms with Crippen LogP contribution in [0, 0.1) is 12.8 Å². The smallest absolute Gasteiger partial charge is 0.294 e. The van der Waals surface area contributed by atoms with Gasteiger partial charge in [0.05, 0.1) is 11.5 Å². The Balaban J connectivity index is 1.69. The summed E-state index contributed by atoms with van der Waals surface area (Å²) in [7, 11) is -3.78. The van der Waals surface area contributed by atoms with Crippen molar-refractivity contribution in [3.05, 3.63) is 65.2 Å². The fourth-order valence-electron chi connectivity index (χ4n) is 2.80. The number of ketones is 1. The second-order valence-corrected chi connectivity index (χ2v) is 7.52. The van der Waals surface area contributed by atoms with Crippen molar-refractivity contribution in [3.8, 4) is 0 Å². The van der Waals surface area contributed by atoms with Crippen LogP contribution in [0.25, 0.3) is 0 Å². The largest absolute Gasteiger partial charge is 0.296 e. The summed E-state index contributed by atoms with van der Waals surface area (Å²) in [5.74, 6) is -0.0641. The highest BCUT2D eigenvalue weighted by Gasteiger charge is 2.26. The van der Waals surface area contributed by atoms with E-state index in [0.29, 0.717) is 12.8 Å². The Bertz CT molecular complexity index is 822. The molecule has 1 atom stereocenters. The molecule has 0 amide bonds. The summed E-state index contributed by atoms with van der Waals surface area (Å²) in [4.78, 5) is 12.3. The lowest BCUT2D eigenvalue weighted by atomic mass is 9.83. The van der Waals surface area contributed by atoms with Crippen molar-refractivity contribution in [2.75, 3.05) is 6.61 Å². The van der Waals surface area contributed by atoms with Gasteiger partial charge in [-0.2, -0.15) is 8.42 Å². The van der Waals surface area contributed by atoms with E-state index in [1.165, 1.54) is 12.1 Å². The van der Waals surface area contributed by atoms with E-state index < -0.39 is 10.1 Å².